The number of amides is 1. The maximum atomic E-state index is 12.6. The van der Waals surface area contributed by atoms with E-state index in [1.54, 1.807) is 6.20 Å². The Labute approximate surface area is 157 Å². The maximum absolute atomic E-state index is 12.6. The van der Waals surface area contributed by atoms with Crippen LogP contribution in [0.1, 0.15) is 44.7 Å². The van der Waals surface area contributed by atoms with Gasteiger partial charge in [0, 0.05) is 31.5 Å². The number of nitrogens with zero attached hydrogens (tertiary/aromatic N) is 4. The highest BCUT2D eigenvalue weighted by molar-refractivity contribution is 5.79. The number of aromatic nitrogens is 2. The predicted octanol–water partition coefficient (Wildman–Crippen LogP) is 2.24. The Hall–Kier alpha value is -1.69. The Morgan fingerprint density at radius 1 is 1.27 bits per heavy atom. The molecule has 0 aliphatic carbocycles. The van der Waals surface area contributed by atoms with Crippen molar-refractivity contribution in [3.05, 3.63) is 18.0 Å². The summed E-state index contributed by atoms with van der Waals surface area (Å²) in [4.78, 5) is 26.1. The molecule has 2 saturated heterocycles. The molecule has 0 saturated carbocycles. The smallest absolute Gasteiger partial charge is 0.225 e. The van der Waals surface area contributed by atoms with Crippen LogP contribution in [0.3, 0.4) is 0 Å². The van der Waals surface area contributed by atoms with Gasteiger partial charge in [-0.1, -0.05) is 6.92 Å². The lowest BCUT2D eigenvalue weighted by molar-refractivity contribution is -0.125. The molecule has 3 rings (SSSR count). The first-order valence-electron chi connectivity index (χ1n) is 10.2. The van der Waals surface area contributed by atoms with Gasteiger partial charge in [0.15, 0.2) is 0 Å². The summed E-state index contributed by atoms with van der Waals surface area (Å²) in [6.07, 6.45) is 7.43. The van der Waals surface area contributed by atoms with Crippen LogP contribution in [0.15, 0.2) is 12.3 Å². The van der Waals surface area contributed by atoms with Gasteiger partial charge in [-0.2, -0.15) is 0 Å². The van der Waals surface area contributed by atoms with Crippen molar-refractivity contribution in [2.24, 2.45) is 11.8 Å². The zero-order valence-corrected chi connectivity index (χ0v) is 16.3. The number of rotatable bonds is 6. The number of carbonyl (C=O) groups excluding carboxylic acids is 1. The van der Waals surface area contributed by atoms with E-state index in [0.29, 0.717) is 0 Å². The van der Waals surface area contributed by atoms with Gasteiger partial charge in [0.05, 0.1) is 5.92 Å². The van der Waals surface area contributed by atoms with Crippen LogP contribution in [0.25, 0.3) is 0 Å². The second-order valence-electron chi connectivity index (χ2n) is 7.74. The number of nitrogens with one attached hydrogen (secondary N) is 1. The number of hydrogen-bond acceptors (Lipinski definition) is 5. The summed E-state index contributed by atoms with van der Waals surface area (Å²) < 4.78 is 0. The number of piperidine rings is 2. The summed E-state index contributed by atoms with van der Waals surface area (Å²) in [5, 5.41) is 3.19. The molecule has 1 N–H and O–H groups in total. The van der Waals surface area contributed by atoms with Crippen LogP contribution in [0, 0.1) is 18.8 Å². The van der Waals surface area contributed by atoms with Gasteiger partial charge < -0.3 is 15.1 Å². The van der Waals surface area contributed by atoms with E-state index in [-0.39, 0.29) is 11.8 Å². The van der Waals surface area contributed by atoms with Crippen molar-refractivity contribution >= 4 is 11.9 Å². The first-order chi connectivity index (χ1) is 12.7. The Kier molecular flexibility index (Phi) is 6.83. The fraction of sp³-hybridized carbons (Fsp3) is 0.750. The average molecular weight is 360 g/mol. The largest absolute Gasteiger partial charge is 0.356 e. The molecule has 1 atom stereocenters. The maximum Gasteiger partial charge on any atom is 0.225 e. The second kappa shape index (κ2) is 9.31. The first kappa shape index (κ1) is 19.1. The molecule has 1 amide bonds. The lowest BCUT2D eigenvalue weighted by atomic mass is 9.93. The molecule has 0 spiro atoms. The summed E-state index contributed by atoms with van der Waals surface area (Å²) >= 11 is 0. The van der Waals surface area contributed by atoms with Gasteiger partial charge in [0.25, 0.3) is 0 Å². The fourth-order valence-corrected chi connectivity index (χ4v) is 4.10. The third-order valence-electron chi connectivity index (χ3n) is 5.86. The van der Waals surface area contributed by atoms with Crippen molar-refractivity contribution in [3.8, 4) is 0 Å². The predicted molar refractivity (Wildman–Crippen MR) is 104 cm³/mol. The van der Waals surface area contributed by atoms with Crippen molar-refractivity contribution in [2.75, 3.05) is 44.2 Å². The van der Waals surface area contributed by atoms with E-state index >= 15 is 0 Å². The van der Waals surface area contributed by atoms with Crippen molar-refractivity contribution in [1.82, 2.24) is 20.2 Å². The minimum atomic E-state index is 0.0507. The molecular weight excluding hydrogens is 326 g/mol. The van der Waals surface area contributed by atoms with Gasteiger partial charge in [-0.25, -0.2) is 9.97 Å². The normalized spacial score (nSPS) is 22.4. The van der Waals surface area contributed by atoms with Crippen molar-refractivity contribution in [2.45, 2.75) is 46.0 Å². The van der Waals surface area contributed by atoms with E-state index in [9.17, 15) is 4.79 Å². The third kappa shape index (κ3) is 5.16. The highest BCUT2D eigenvalue weighted by Gasteiger charge is 2.27. The highest BCUT2D eigenvalue weighted by Crippen LogP contribution is 2.22. The Bertz CT molecular complexity index is 585. The minimum absolute atomic E-state index is 0.0507. The Morgan fingerprint density at radius 3 is 2.81 bits per heavy atom. The number of likely N-dealkylation sites (tertiary alicyclic amines) is 1. The average Bonchev–Trinajstić information content (AvgIpc) is 2.68. The summed E-state index contributed by atoms with van der Waals surface area (Å²) in [6.45, 7) is 10.3. The first-order valence-corrected chi connectivity index (χ1v) is 10.2. The van der Waals surface area contributed by atoms with Gasteiger partial charge in [0.2, 0.25) is 11.9 Å². The molecule has 0 bridgehead atoms. The van der Waals surface area contributed by atoms with Crippen LogP contribution in [-0.2, 0) is 4.79 Å². The van der Waals surface area contributed by atoms with Gasteiger partial charge in [-0.3, -0.25) is 4.79 Å². The molecule has 144 valence electrons. The standard InChI is InChI=1S/C20H33N5O/c1-3-24-13-8-17(9-14-24)7-11-21-19(26)18-5-4-12-25(15-18)20-22-10-6-16(2)23-20/h6,10,17-18H,3-5,7-9,11-15H2,1-2H3,(H,21,26). The molecule has 3 heterocycles. The van der Waals surface area contributed by atoms with Crippen LogP contribution in [0.5, 0.6) is 0 Å². The molecule has 6 nitrogen and oxygen atoms in total. The summed E-state index contributed by atoms with van der Waals surface area (Å²) in [6, 6.07) is 1.91. The lowest BCUT2D eigenvalue weighted by Gasteiger charge is -2.33. The highest BCUT2D eigenvalue weighted by atomic mass is 16.1. The number of hydrogen-bond donors (Lipinski definition) is 1. The van der Waals surface area contributed by atoms with E-state index in [0.717, 1.165) is 63.0 Å². The summed E-state index contributed by atoms with van der Waals surface area (Å²) in [5.41, 5.74) is 0.968. The SMILES string of the molecule is CCN1CCC(CCNC(=O)C2CCCN(c3nccc(C)n3)C2)CC1. The molecule has 2 aliphatic rings. The summed E-state index contributed by atoms with van der Waals surface area (Å²) in [7, 11) is 0. The molecule has 6 heteroatoms. The molecule has 26 heavy (non-hydrogen) atoms. The molecule has 0 aromatic carbocycles. The van der Waals surface area contributed by atoms with E-state index in [2.05, 4.69) is 32.0 Å². The van der Waals surface area contributed by atoms with Crippen LogP contribution >= 0.6 is 0 Å². The molecule has 1 unspecified atom stereocenters. The molecule has 1 aromatic heterocycles. The Morgan fingerprint density at radius 2 is 2.08 bits per heavy atom. The van der Waals surface area contributed by atoms with Gasteiger partial charge in [-0.05, 0) is 70.6 Å². The second-order valence-corrected chi connectivity index (χ2v) is 7.74. The molecule has 2 fully saturated rings. The Balaban J connectivity index is 1.41. The molecule has 0 radical (unpaired) electrons. The van der Waals surface area contributed by atoms with Crippen molar-refractivity contribution in [3.63, 3.8) is 0 Å². The number of aryl methyl sites for hydroxylation is 1. The van der Waals surface area contributed by atoms with Gasteiger partial charge in [-0.15, -0.1) is 0 Å². The third-order valence-corrected chi connectivity index (χ3v) is 5.86. The van der Waals surface area contributed by atoms with Crippen LogP contribution in [-0.4, -0.2) is 60.0 Å². The number of carbonyl (C=O) groups is 1. The lowest BCUT2D eigenvalue weighted by Crippen LogP contribution is -2.44. The molecule has 1 aromatic rings. The van der Waals surface area contributed by atoms with E-state index in [4.69, 9.17) is 0 Å². The van der Waals surface area contributed by atoms with Gasteiger partial charge >= 0.3 is 0 Å². The zero-order valence-electron chi connectivity index (χ0n) is 16.3. The molecular formula is C20H33N5O. The van der Waals surface area contributed by atoms with E-state index < -0.39 is 0 Å². The van der Waals surface area contributed by atoms with Crippen molar-refractivity contribution in [1.29, 1.82) is 0 Å². The van der Waals surface area contributed by atoms with E-state index in [1.807, 2.05) is 13.0 Å². The van der Waals surface area contributed by atoms with E-state index in [1.165, 1.54) is 25.9 Å². The topological polar surface area (TPSA) is 61.4 Å². The fourth-order valence-electron chi connectivity index (χ4n) is 4.10. The van der Waals surface area contributed by atoms with Crippen LogP contribution < -0.4 is 10.2 Å². The monoisotopic (exact) mass is 359 g/mol. The molecule has 2 aliphatic heterocycles. The minimum Gasteiger partial charge on any atom is -0.356 e. The summed E-state index contributed by atoms with van der Waals surface area (Å²) in [5.74, 6) is 1.77. The zero-order chi connectivity index (χ0) is 18.4. The van der Waals surface area contributed by atoms with Crippen molar-refractivity contribution < 1.29 is 4.79 Å². The quantitative estimate of drug-likeness (QED) is 0.844. The van der Waals surface area contributed by atoms with Crippen LogP contribution in [0.4, 0.5) is 5.95 Å². The number of anilines is 1. The van der Waals surface area contributed by atoms with Gasteiger partial charge in [0.1, 0.15) is 0 Å². The van der Waals surface area contributed by atoms with Crippen LogP contribution in [0.2, 0.25) is 0 Å².